The SMILES string of the molecule is Nc1cnn(C2CC3CCC(C2)N3)c1. The molecule has 2 bridgehead atoms. The number of rotatable bonds is 1. The number of hydrogen-bond donors (Lipinski definition) is 2. The normalized spacial score (nSPS) is 36.1. The first-order valence-electron chi connectivity index (χ1n) is 5.37. The third kappa shape index (κ3) is 1.30. The highest BCUT2D eigenvalue weighted by Gasteiger charge is 2.34. The molecular weight excluding hydrogens is 176 g/mol. The van der Waals surface area contributed by atoms with Gasteiger partial charge in [-0.15, -0.1) is 0 Å². The molecule has 3 heterocycles. The smallest absolute Gasteiger partial charge is 0.0719 e. The number of fused-ring (bicyclic) bond motifs is 2. The Bertz CT molecular complexity index is 321. The van der Waals surface area contributed by atoms with E-state index < -0.39 is 0 Å². The Labute approximate surface area is 83.5 Å². The molecule has 1 aromatic heterocycles. The van der Waals surface area contributed by atoms with E-state index in [9.17, 15) is 0 Å². The summed E-state index contributed by atoms with van der Waals surface area (Å²) in [6, 6.07) is 1.99. The standard InChI is InChI=1S/C10H16N4/c11-7-5-12-14(6-7)10-3-8-1-2-9(4-10)13-8/h5-6,8-10,13H,1-4,11H2. The predicted molar refractivity (Wildman–Crippen MR) is 54.9 cm³/mol. The molecule has 14 heavy (non-hydrogen) atoms. The summed E-state index contributed by atoms with van der Waals surface area (Å²) in [5, 5.41) is 7.92. The fourth-order valence-electron chi connectivity index (χ4n) is 2.80. The molecule has 0 amide bonds. The second kappa shape index (κ2) is 2.98. The third-order valence-corrected chi connectivity index (χ3v) is 3.44. The van der Waals surface area contributed by atoms with Gasteiger partial charge in [-0.05, 0) is 25.7 Å². The highest BCUT2D eigenvalue weighted by molar-refractivity contribution is 5.30. The van der Waals surface area contributed by atoms with Crippen molar-refractivity contribution in [2.45, 2.75) is 43.8 Å². The van der Waals surface area contributed by atoms with Gasteiger partial charge in [0.25, 0.3) is 0 Å². The van der Waals surface area contributed by atoms with Crippen molar-refractivity contribution in [2.24, 2.45) is 0 Å². The lowest BCUT2D eigenvalue weighted by Gasteiger charge is -2.29. The Hall–Kier alpha value is -1.03. The Balaban J connectivity index is 1.80. The topological polar surface area (TPSA) is 55.9 Å². The fourth-order valence-corrected chi connectivity index (χ4v) is 2.80. The molecule has 0 spiro atoms. The second-order valence-corrected chi connectivity index (χ2v) is 4.52. The molecule has 2 saturated heterocycles. The summed E-state index contributed by atoms with van der Waals surface area (Å²) >= 11 is 0. The molecule has 4 heteroatoms. The van der Waals surface area contributed by atoms with Crippen LogP contribution in [-0.2, 0) is 0 Å². The maximum absolute atomic E-state index is 5.67. The van der Waals surface area contributed by atoms with Crippen LogP contribution in [0.15, 0.2) is 12.4 Å². The van der Waals surface area contributed by atoms with Crippen LogP contribution in [0.4, 0.5) is 5.69 Å². The summed E-state index contributed by atoms with van der Waals surface area (Å²) in [7, 11) is 0. The van der Waals surface area contributed by atoms with E-state index in [0.29, 0.717) is 18.1 Å². The average Bonchev–Trinajstić information content (AvgIpc) is 2.73. The molecule has 2 atom stereocenters. The van der Waals surface area contributed by atoms with E-state index in [2.05, 4.69) is 10.4 Å². The average molecular weight is 192 g/mol. The van der Waals surface area contributed by atoms with Gasteiger partial charge in [0.15, 0.2) is 0 Å². The Morgan fingerprint density at radius 2 is 2.07 bits per heavy atom. The minimum absolute atomic E-state index is 0.561. The second-order valence-electron chi connectivity index (χ2n) is 4.52. The Morgan fingerprint density at radius 1 is 1.36 bits per heavy atom. The summed E-state index contributed by atoms with van der Waals surface area (Å²) in [6.07, 6.45) is 8.77. The van der Waals surface area contributed by atoms with Gasteiger partial charge in [0, 0.05) is 18.3 Å². The highest BCUT2D eigenvalue weighted by Crippen LogP contribution is 2.33. The molecule has 76 valence electrons. The van der Waals surface area contributed by atoms with Crippen molar-refractivity contribution in [3.05, 3.63) is 12.4 Å². The first-order chi connectivity index (χ1) is 6.81. The van der Waals surface area contributed by atoms with E-state index >= 15 is 0 Å². The van der Waals surface area contributed by atoms with Crippen LogP contribution in [-0.4, -0.2) is 21.9 Å². The van der Waals surface area contributed by atoms with Crippen molar-refractivity contribution in [1.82, 2.24) is 15.1 Å². The predicted octanol–water partition coefficient (Wildman–Crippen LogP) is 0.921. The van der Waals surface area contributed by atoms with Gasteiger partial charge in [-0.2, -0.15) is 5.10 Å². The summed E-state index contributed by atoms with van der Waals surface area (Å²) < 4.78 is 2.04. The first kappa shape index (κ1) is 8.29. The molecule has 3 N–H and O–H groups in total. The van der Waals surface area contributed by atoms with Gasteiger partial charge >= 0.3 is 0 Å². The van der Waals surface area contributed by atoms with Crippen molar-refractivity contribution < 1.29 is 0 Å². The zero-order chi connectivity index (χ0) is 9.54. The van der Waals surface area contributed by atoms with Gasteiger partial charge in [0.1, 0.15) is 0 Å². The van der Waals surface area contributed by atoms with E-state index in [1.807, 2.05) is 10.9 Å². The molecule has 2 unspecified atom stereocenters. The zero-order valence-electron chi connectivity index (χ0n) is 8.19. The molecule has 0 saturated carbocycles. The van der Waals surface area contributed by atoms with Crippen LogP contribution in [0.1, 0.15) is 31.7 Å². The van der Waals surface area contributed by atoms with Crippen molar-refractivity contribution in [1.29, 1.82) is 0 Å². The molecule has 3 rings (SSSR count). The Kier molecular flexibility index (Phi) is 1.77. The lowest BCUT2D eigenvalue weighted by Crippen LogP contribution is -2.38. The largest absolute Gasteiger partial charge is 0.396 e. The van der Waals surface area contributed by atoms with Crippen LogP contribution in [0.25, 0.3) is 0 Å². The highest BCUT2D eigenvalue weighted by atomic mass is 15.3. The summed E-state index contributed by atoms with van der Waals surface area (Å²) in [6.45, 7) is 0. The lowest BCUT2D eigenvalue weighted by molar-refractivity contribution is 0.281. The maximum atomic E-state index is 5.67. The van der Waals surface area contributed by atoms with Crippen LogP contribution in [0, 0.1) is 0 Å². The molecule has 0 radical (unpaired) electrons. The minimum Gasteiger partial charge on any atom is -0.396 e. The summed E-state index contributed by atoms with van der Waals surface area (Å²) in [5.41, 5.74) is 6.45. The van der Waals surface area contributed by atoms with Gasteiger partial charge in [0.2, 0.25) is 0 Å². The monoisotopic (exact) mass is 192 g/mol. The number of piperidine rings is 1. The van der Waals surface area contributed by atoms with Gasteiger partial charge in [0.05, 0.1) is 17.9 Å². The van der Waals surface area contributed by atoms with Crippen molar-refractivity contribution >= 4 is 5.69 Å². The van der Waals surface area contributed by atoms with Crippen LogP contribution >= 0.6 is 0 Å². The molecule has 2 aliphatic rings. The molecule has 0 aromatic carbocycles. The van der Waals surface area contributed by atoms with Crippen molar-refractivity contribution in [3.8, 4) is 0 Å². The van der Waals surface area contributed by atoms with E-state index in [1.54, 1.807) is 6.20 Å². The van der Waals surface area contributed by atoms with E-state index in [0.717, 1.165) is 5.69 Å². The van der Waals surface area contributed by atoms with Gasteiger partial charge in [-0.3, -0.25) is 4.68 Å². The minimum atomic E-state index is 0.561. The van der Waals surface area contributed by atoms with Gasteiger partial charge in [-0.1, -0.05) is 0 Å². The summed E-state index contributed by atoms with van der Waals surface area (Å²) in [5.74, 6) is 0. The van der Waals surface area contributed by atoms with E-state index in [4.69, 9.17) is 5.73 Å². The molecular formula is C10H16N4. The van der Waals surface area contributed by atoms with Crippen molar-refractivity contribution in [3.63, 3.8) is 0 Å². The van der Waals surface area contributed by atoms with E-state index in [-0.39, 0.29) is 0 Å². The van der Waals surface area contributed by atoms with Crippen molar-refractivity contribution in [2.75, 3.05) is 5.73 Å². The Morgan fingerprint density at radius 3 is 2.64 bits per heavy atom. The maximum Gasteiger partial charge on any atom is 0.0719 e. The molecule has 1 aromatic rings. The van der Waals surface area contributed by atoms with Crippen LogP contribution in [0.3, 0.4) is 0 Å². The lowest BCUT2D eigenvalue weighted by atomic mass is 10.0. The fraction of sp³-hybridized carbons (Fsp3) is 0.700. The first-order valence-corrected chi connectivity index (χ1v) is 5.37. The number of anilines is 1. The number of nitrogens with two attached hydrogens (primary N) is 1. The number of nitrogen functional groups attached to an aromatic ring is 1. The number of nitrogens with zero attached hydrogens (tertiary/aromatic N) is 2. The van der Waals surface area contributed by atoms with E-state index in [1.165, 1.54) is 25.7 Å². The van der Waals surface area contributed by atoms with Crippen LogP contribution in [0.5, 0.6) is 0 Å². The van der Waals surface area contributed by atoms with Crippen LogP contribution < -0.4 is 11.1 Å². The summed E-state index contributed by atoms with van der Waals surface area (Å²) in [4.78, 5) is 0. The molecule has 2 fully saturated rings. The number of hydrogen-bond acceptors (Lipinski definition) is 3. The third-order valence-electron chi connectivity index (χ3n) is 3.44. The quantitative estimate of drug-likeness (QED) is 0.695. The van der Waals surface area contributed by atoms with Gasteiger partial charge < -0.3 is 11.1 Å². The molecule has 0 aliphatic carbocycles. The zero-order valence-corrected chi connectivity index (χ0v) is 8.19. The molecule has 4 nitrogen and oxygen atoms in total. The molecule has 2 aliphatic heterocycles. The van der Waals surface area contributed by atoms with Crippen LogP contribution in [0.2, 0.25) is 0 Å². The van der Waals surface area contributed by atoms with Gasteiger partial charge in [-0.25, -0.2) is 0 Å². The number of nitrogens with one attached hydrogen (secondary N) is 1. The number of aromatic nitrogens is 2.